The summed E-state index contributed by atoms with van der Waals surface area (Å²) in [5, 5.41) is 2.73. The van der Waals surface area contributed by atoms with Crippen LogP contribution in [0.5, 0.6) is 5.75 Å². The molecule has 2 heterocycles. The second-order valence-corrected chi connectivity index (χ2v) is 6.14. The Bertz CT molecular complexity index is 788. The van der Waals surface area contributed by atoms with E-state index in [2.05, 4.69) is 10.3 Å². The first kappa shape index (κ1) is 13.6. The number of benzene rings is 1. The molecule has 7 heteroatoms. The van der Waals surface area contributed by atoms with Gasteiger partial charge in [-0.25, -0.2) is 0 Å². The molecule has 1 aliphatic heterocycles. The Labute approximate surface area is 121 Å². The molecule has 108 valence electrons. The van der Waals surface area contributed by atoms with Crippen LogP contribution < -0.4 is 9.50 Å². The maximum Gasteiger partial charge on any atom is 0.340 e. The normalized spacial score (nSPS) is 14.2. The third kappa shape index (κ3) is 2.87. The number of amides is 1. The fourth-order valence-corrected chi connectivity index (χ4v) is 2.97. The summed E-state index contributed by atoms with van der Waals surface area (Å²) in [4.78, 5) is 15.0. The van der Waals surface area contributed by atoms with Crippen LogP contribution in [0.15, 0.2) is 47.6 Å². The van der Waals surface area contributed by atoms with Gasteiger partial charge >= 0.3 is 10.1 Å². The lowest BCUT2D eigenvalue weighted by Crippen LogP contribution is -2.19. The summed E-state index contributed by atoms with van der Waals surface area (Å²) in [5.74, 6) is 0.174. The van der Waals surface area contributed by atoms with Crippen molar-refractivity contribution in [2.75, 3.05) is 5.32 Å². The van der Waals surface area contributed by atoms with Gasteiger partial charge in [-0.3, -0.25) is 9.78 Å². The van der Waals surface area contributed by atoms with Crippen molar-refractivity contribution < 1.29 is 17.4 Å². The maximum absolute atomic E-state index is 12.1. The van der Waals surface area contributed by atoms with Gasteiger partial charge in [-0.15, -0.1) is 0 Å². The molecule has 0 radical (unpaired) electrons. The number of hydrogen-bond acceptors (Lipinski definition) is 5. The third-order valence-corrected chi connectivity index (χ3v) is 4.33. The average molecular weight is 304 g/mol. The Hall–Kier alpha value is -2.41. The number of nitrogens with one attached hydrogen (secondary N) is 1. The fourth-order valence-electron chi connectivity index (χ4n) is 2.08. The summed E-state index contributed by atoms with van der Waals surface area (Å²) >= 11 is 0. The molecule has 1 amide bonds. The monoisotopic (exact) mass is 304 g/mol. The summed E-state index contributed by atoms with van der Waals surface area (Å²) in [6.45, 7) is 0. The Morgan fingerprint density at radius 2 is 2.05 bits per heavy atom. The van der Waals surface area contributed by atoms with E-state index >= 15 is 0 Å². The molecule has 1 aliphatic rings. The minimum Gasteiger partial charge on any atom is -0.379 e. The zero-order chi connectivity index (χ0) is 14.9. The van der Waals surface area contributed by atoms with Gasteiger partial charge in [-0.05, 0) is 42.3 Å². The van der Waals surface area contributed by atoms with E-state index in [9.17, 15) is 13.2 Å². The van der Waals surface area contributed by atoms with Crippen LogP contribution in [-0.4, -0.2) is 19.3 Å². The van der Waals surface area contributed by atoms with Crippen molar-refractivity contribution >= 4 is 21.7 Å². The van der Waals surface area contributed by atoms with Gasteiger partial charge in [0.05, 0.1) is 0 Å². The molecule has 1 N–H and O–H groups in total. The first-order valence-electron chi connectivity index (χ1n) is 6.32. The molecule has 3 rings (SSSR count). The maximum atomic E-state index is 12.1. The smallest absolute Gasteiger partial charge is 0.340 e. The lowest BCUT2D eigenvalue weighted by Gasteiger charge is -2.17. The van der Waals surface area contributed by atoms with Crippen LogP contribution in [0.4, 0.5) is 5.69 Å². The van der Waals surface area contributed by atoms with E-state index in [1.165, 1.54) is 30.6 Å². The first-order chi connectivity index (χ1) is 10.0. The highest BCUT2D eigenvalue weighted by molar-refractivity contribution is 7.87. The van der Waals surface area contributed by atoms with Gasteiger partial charge in [0.2, 0.25) is 5.91 Å². The molecular formula is C14H12N2O4S. The van der Waals surface area contributed by atoms with Crippen molar-refractivity contribution in [1.29, 1.82) is 0 Å². The summed E-state index contributed by atoms with van der Waals surface area (Å²) < 4.78 is 29.3. The SMILES string of the molecule is O=C1CCc2cc(OS(=O)(=O)c3cccnc3)ccc2N1. The Morgan fingerprint density at radius 3 is 2.81 bits per heavy atom. The van der Waals surface area contributed by atoms with Crippen LogP contribution in [0.3, 0.4) is 0 Å². The van der Waals surface area contributed by atoms with Crippen molar-refractivity contribution in [1.82, 2.24) is 4.98 Å². The molecule has 21 heavy (non-hydrogen) atoms. The summed E-state index contributed by atoms with van der Waals surface area (Å²) in [5.41, 5.74) is 1.55. The van der Waals surface area contributed by atoms with E-state index in [0.717, 1.165) is 5.56 Å². The molecule has 6 nitrogen and oxygen atoms in total. The summed E-state index contributed by atoms with van der Waals surface area (Å²) in [7, 11) is -3.90. The van der Waals surface area contributed by atoms with Crippen LogP contribution >= 0.6 is 0 Å². The number of rotatable bonds is 3. The molecule has 1 aromatic carbocycles. The van der Waals surface area contributed by atoms with Gasteiger partial charge in [0.25, 0.3) is 0 Å². The molecule has 0 aliphatic carbocycles. The minimum absolute atomic E-state index is 0.00368. The van der Waals surface area contributed by atoms with Gasteiger partial charge in [0.1, 0.15) is 10.6 Å². The van der Waals surface area contributed by atoms with Crippen molar-refractivity contribution in [3.8, 4) is 5.75 Å². The Morgan fingerprint density at radius 1 is 1.19 bits per heavy atom. The van der Waals surface area contributed by atoms with Crippen molar-refractivity contribution in [3.05, 3.63) is 48.3 Å². The fraction of sp³-hybridized carbons (Fsp3) is 0.143. The summed E-state index contributed by atoms with van der Waals surface area (Å²) in [6, 6.07) is 7.72. The van der Waals surface area contributed by atoms with Gasteiger partial charge in [-0.2, -0.15) is 8.42 Å². The van der Waals surface area contributed by atoms with Crippen LogP contribution in [-0.2, 0) is 21.3 Å². The minimum atomic E-state index is -3.90. The van der Waals surface area contributed by atoms with E-state index in [1.54, 1.807) is 12.1 Å². The van der Waals surface area contributed by atoms with Gasteiger partial charge in [0.15, 0.2) is 0 Å². The topological polar surface area (TPSA) is 85.4 Å². The number of nitrogens with zero attached hydrogens (tertiary/aromatic N) is 1. The summed E-state index contributed by atoms with van der Waals surface area (Å²) in [6.07, 6.45) is 3.66. The number of aryl methyl sites for hydroxylation is 1. The number of carbonyl (C=O) groups is 1. The predicted octanol–water partition coefficient (Wildman–Crippen LogP) is 1.73. The van der Waals surface area contributed by atoms with Crippen LogP contribution in [0, 0.1) is 0 Å². The quantitative estimate of drug-likeness (QED) is 0.873. The number of carbonyl (C=O) groups excluding carboxylic acids is 1. The van der Waals surface area contributed by atoms with Crippen molar-refractivity contribution in [3.63, 3.8) is 0 Å². The van der Waals surface area contributed by atoms with E-state index in [1.807, 2.05) is 0 Å². The molecule has 0 atom stereocenters. The zero-order valence-corrected chi connectivity index (χ0v) is 11.8. The molecule has 1 aromatic heterocycles. The van der Waals surface area contributed by atoms with Gasteiger partial charge in [0, 0.05) is 24.5 Å². The van der Waals surface area contributed by atoms with Crippen molar-refractivity contribution in [2.45, 2.75) is 17.7 Å². The molecular weight excluding hydrogens is 292 g/mol. The number of pyridine rings is 1. The highest BCUT2D eigenvalue weighted by atomic mass is 32.2. The standard InChI is InChI=1S/C14H12N2O4S/c17-14-6-3-10-8-11(4-5-13(10)16-14)20-21(18,19)12-2-1-7-15-9-12/h1-2,4-5,7-9H,3,6H2,(H,16,17). The number of hydrogen-bond donors (Lipinski definition) is 1. The third-order valence-electron chi connectivity index (χ3n) is 3.10. The van der Waals surface area contributed by atoms with Crippen LogP contribution in [0.2, 0.25) is 0 Å². The number of anilines is 1. The highest BCUT2D eigenvalue weighted by Crippen LogP contribution is 2.28. The molecule has 0 saturated carbocycles. The van der Waals surface area contributed by atoms with Crippen LogP contribution in [0.1, 0.15) is 12.0 Å². The first-order valence-corrected chi connectivity index (χ1v) is 7.73. The number of fused-ring (bicyclic) bond motifs is 1. The molecule has 0 bridgehead atoms. The lowest BCUT2D eigenvalue weighted by molar-refractivity contribution is -0.116. The lowest BCUT2D eigenvalue weighted by atomic mass is 10.0. The van der Waals surface area contributed by atoms with E-state index < -0.39 is 10.1 Å². The van der Waals surface area contributed by atoms with Gasteiger partial charge in [-0.1, -0.05) is 0 Å². The second kappa shape index (κ2) is 5.17. The Balaban J connectivity index is 1.88. The molecule has 2 aromatic rings. The van der Waals surface area contributed by atoms with E-state index in [0.29, 0.717) is 18.5 Å². The number of aromatic nitrogens is 1. The zero-order valence-electron chi connectivity index (χ0n) is 10.9. The van der Waals surface area contributed by atoms with Gasteiger partial charge < -0.3 is 9.50 Å². The molecule has 0 saturated heterocycles. The molecule has 0 fully saturated rings. The average Bonchev–Trinajstić information content (AvgIpc) is 2.48. The van der Waals surface area contributed by atoms with Crippen LogP contribution in [0.25, 0.3) is 0 Å². The predicted molar refractivity (Wildman–Crippen MR) is 75.4 cm³/mol. The van der Waals surface area contributed by atoms with E-state index in [-0.39, 0.29) is 16.6 Å². The molecule has 0 unspecified atom stereocenters. The van der Waals surface area contributed by atoms with E-state index in [4.69, 9.17) is 4.18 Å². The Kier molecular flexibility index (Phi) is 3.34. The van der Waals surface area contributed by atoms with Crippen molar-refractivity contribution in [2.24, 2.45) is 0 Å². The second-order valence-electron chi connectivity index (χ2n) is 4.59. The molecule has 0 spiro atoms. The highest BCUT2D eigenvalue weighted by Gasteiger charge is 2.19. The largest absolute Gasteiger partial charge is 0.379 e.